The van der Waals surface area contributed by atoms with Gasteiger partial charge in [0, 0.05) is 12.2 Å². The minimum atomic E-state index is -4.05. The zero-order valence-corrected chi connectivity index (χ0v) is 18.4. The van der Waals surface area contributed by atoms with Gasteiger partial charge in [-0.05, 0) is 61.0 Å². The largest absolute Gasteiger partial charge is 0.497 e. The molecule has 0 heterocycles. The Balaban J connectivity index is 1.80. The average Bonchev–Trinajstić information content (AvgIpc) is 2.74. The van der Waals surface area contributed by atoms with Gasteiger partial charge in [-0.15, -0.1) is 0 Å². The van der Waals surface area contributed by atoms with Gasteiger partial charge in [-0.3, -0.25) is 0 Å². The van der Waals surface area contributed by atoms with E-state index < -0.39 is 10.1 Å². The molecule has 0 aromatic heterocycles. The summed E-state index contributed by atoms with van der Waals surface area (Å²) in [6.45, 7) is 2.32. The summed E-state index contributed by atoms with van der Waals surface area (Å²) >= 11 is 6.34. The first kappa shape index (κ1) is 21.8. The van der Waals surface area contributed by atoms with E-state index in [4.69, 9.17) is 25.3 Å². The maximum Gasteiger partial charge on any atom is 0.339 e. The molecule has 3 aromatic rings. The Bertz CT molecular complexity index is 1110. The molecule has 0 aliphatic rings. The molecule has 30 heavy (non-hydrogen) atoms. The average molecular weight is 448 g/mol. The molecule has 6 nitrogen and oxygen atoms in total. The molecule has 0 atom stereocenters. The van der Waals surface area contributed by atoms with E-state index in [2.05, 4.69) is 5.32 Å². The molecule has 0 saturated heterocycles. The number of rotatable bonds is 8. The van der Waals surface area contributed by atoms with Crippen LogP contribution in [0.4, 0.5) is 5.69 Å². The summed E-state index contributed by atoms with van der Waals surface area (Å²) in [6, 6.07) is 17.2. The molecular weight excluding hydrogens is 426 g/mol. The van der Waals surface area contributed by atoms with Crippen molar-refractivity contribution in [3.05, 3.63) is 76.8 Å². The van der Waals surface area contributed by atoms with Crippen molar-refractivity contribution >= 4 is 27.4 Å². The van der Waals surface area contributed by atoms with Crippen LogP contribution in [0.3, 0.4) is 0 Å². The van der Waals surface area contributed by atoms with Crippen molar-refractivity contribution < 1.29 is 22.1 Å². The van der Waals surface area contributed by atoms with Gasteiger partial charge in [0.15, 0.2) is 5.75 Å². The van der Waals surface area contributed by atoms with Gasteiger partial charge in [0.05, 0.1) is 19.2 Å². The van der Waals surface area contributed by atoms with Gasteiger partial charge < -0.3 is 19.0 Å². The van der Waals surface area contributed by atoms with E-state index in [1.807, 2.05) is 31.2 Å². The number of aryl methyl sites for hydroxylation is 1. The topological polar surface area (TPSA) is 73.9 Å². The van der Waals surface area contributed by atoms with E-state index in [-0.39, 0.29) is 21.4 Å². The number of halogens is 1. The monoisotopic (exact) mass is 447 g/mol. The number of hydrogen-bond donors (Lipinski definition) is 1. The summed E-state index contributed by atoms with van der Waals surface area (Å²) in [4.78, 5) is 0.0384. The first-order valence-electron chi connectivity index (χ1n) is 9.08. The standard InChI is InChI=1S/C22H22ClNO5S/c1-15-4-10-19(11-5-15)30(25,26)29-22-20(23)12-16(13-21(22)28-3)14-24-17-6-8-18(27-2)9-7-17/h4-13,24H,14H2,1-3H3. The molecule has 0 spiro atoms. The van der Waals surface area contributed by atoms with Crippen LogP contribution < -0.4 is 19.0 Å². The number of nitrogens with one attached hydrogen (secondary N) is 1. The SMILES string of the molecule is COc1ccc(NCc2cc(Cl)c(OS(=O)(=O)c3ccc(C)cc3)c(OC)c2)cc1. The van der Waals surface area contributed by atoms with Gasteiger partial charge in [0.25, 0.3) is 0 Å². The minimum absolute atomic E-state index is 0.0384. The summed E-state index contributed by atoms with van der Waals surface area (Å²) < 4.78 is 41.0. The van der Waals surface area contributed by atoms with Crippen molar-refractivity contribution in [1.82, 2.24) is 0 Å². The van der Waals surface area contributed by atoms with Crippen molar-refractivity contribution in [3.8, 4) is 17.2 Å². The van der Waals surface area contributed by atoms with E-state index in [0.29, 0.717) is 6.54 Å². The van der Waals surface area contributed by atoms with Gasteiger partial charge in [0.2, 0.25) is 5.75 Å². The fraction of sp³-hybridized carbons (Fsp3) is 0.182. The van der Waals surface area contributed by atoms with Crippen molar-refractivity contribution in [2.45, 2.75) is 18.4 Å². The van der Waals surface area contributed by atoms with Crippen LogP contribution in [0.1, 0.15) is 11.1 Å². The number of benzene rings is 3. The van der Waals surface area contributed by atoms with Crippen LogP contribution in [0.15, 0.2) is 65.6 Å². The molecule has 0 aliphatic carbocycles. The van der Waals surface area contributed by atoms with Gasteiger partial charge in [0.1, 0.15) is 10.6 Å². The lowest BCUT2D eigenvalue weighted by molar-refractivity contribution is 0.390. The first-order valence-corrected chi connectivity index (χ1v) is 10.9. The third kappa shape index (κ3) is 5.17. The lowest BCUT2D eigenvalue weighted by atomic mass is 10.2. The Morgan fingerprint density at radius 2 is 1.60 bits per heavy atom. The number of methoxy groups -OCH3 is 2. The molecule has 0 unspecified atom stereocenters. The molecule has 0 amide bonds. The minimum Gasteiger partial charge on any atom is -0.497 e. The highest BCUT2D eigenvalue weighted by molar-refractivity contribution is 7.87. The summed E-state index contributed by atoms with van der Waals surface area (Å²) in [6.07, 6.45) is 0. The smallest absolute Gasteiger partial charge is 0.339 e. The fourth-order valence-corrected chi connectivity index (χ4v) is 4.01. The molecule has 158 valence electrons. The molecule has 8 heteroatoms. The Kier molecular flexibility index (Phi) is 6.74. The molecule has 3 aromatic carbocycles. The second-order valence-electron chi connectivity index (χ2n) is 6.54. The van der Waals surface area contributed by atoms with Crippen LogP contribution in [0.25, 0.3) is 0 Å². The second-order valence-corrected chi connectivity index (χ2v) is 8.50. The predicted octanol–water partition coefficient (Wildman–Crippen LogP) is 5.05. The van der Waals surface area contributed by atoms with Crippen LogP contribution in [0, 0.1) is 6.92 Å². The quantitative estimate of drug-likeness (QED) is 0.487. The van der Waals surface area contributed by atoms with Crippen molar-refractivity contribution in [2.24, 2.45) is 0 Å². The van der Waals surface area contributed by atoms with Gasteiger partial charge in [-0.1, -0.05) is 29.3 Å². The van der Waals surface area contributed by atoms with Gasteiger partial charge in [-0.25, -0.2) is 0 Å². The summed E-state index contributed by atoms with van der Waals surface area (Å²) in [5.74, 6) is 0.944. The molecular formula is C22H22ClNO5S. The van der Waals surface area contributed by atoms with E-state index in [1.165, 1.54) is 19.2 Å². The Morgan fingerprint density at radius 3 is 2.20 bits per heavy atom. The summed E-state index contributed by atoms with van der Waals surface area (Å²) in [7, 11) is -1.01. The zero-order valence-electron chi connectivity index (χ0n) is 16.8. The molecule has 0 fully saturated rings. The predicted molar refractivity (Wildman–Crippen MR) is 117 cm³/mol. The Labute approximate surface area is 181 Å². The molecule has 0 saturated carbocycles. The number of ether oxygens (including phenoxy) is 2. The third-order valence-corrected chi connectivity index (χ3v) is 5.89. The van der Waals surface area contributed by atoms with Gasteiger partial charge in [-0.2, -0.15) is 8.42 Å². The van der Waals surface area contributed by atoms with Crippen LogP contribution in [-0.4, -0.2) is 22.6 Å². The van der Waals surface area contributed by atoms with E-state index in [1.54, 1.807) is 31.4 Å². The lowest BCUT2D eigenvalue weighted by Gasteiger charge is -2.15. The maximum atomic E-state index is 12.6. The molecule has 3 rings (SSSR count). The summed E-state index contributed by atoms with van der Waals surface area (Å²) in [5, 5.41) is 3.40. The lowest BCUT2D eigenvalue weighted by Crippen LogP contribution is -2.11. The number of hydrogen-bond acceptors (Lipinski definition) is 6. The van der Waals surface area contributed by atoms with E-state index >= 15 is 0 Å². The van der Waals surface area contributed by atoms with E-state index in [0.717, 1.165) is 22.6 Å². The Hall–Kier alpha value is -2.90. The fourth-order valence-electron chi connectivity index (χ4n) is 2.73. The van der Waals surface area contributed by atoms with Crippen molar-refractivity contribution in [2.75, 3.05) is 19.5 Å². The molecule has 0 aliphatic heterocycles. The highest BCUT2D eigenvalue weighted by Gasteiger charge is 2.22. The third-order valence-electron chi connectivity index (χ3n) is 4.38. The normalized spacial score (nSPS) is 11.1. The van der Waals surface area contributed by atoms with Crippen LogP contribution in [-0.2, 0) is 16.7 Å². The Morgan fingerprint density at radius 1 is 0.933 bits per heavy atom. The second kappa shape index (κ2) is 9.28. The van der Waals surface area contributed by atoms with Crippen LogP contribution >= 0.6 is 11.6 Å². The van der Waals surface area contributed by atoms with Crippen molar-refractivity contribution in [3.63, 3.8) is 0 Å². The molecule has 1 N–H and O–H groups in total. The zero-order chi connectivity index (χ0) is 21.7. The molecule has 0 radical (unpaired) electrons. The first-order chi connectivity index (χ1) is 14.3. The summed E-state index contributed by atoms with van der Waals surface area (Å²) in [5.41, 5.74) is 2.64. The number of anilines is 1. The highest BCUT2D eigenvalue weighted by atomic mass is 35.5. The van der Waals surface area contributed by atoms with Gasteiger partial charge >= 0.3 is 10.1 Å². The van der Waals surface area contributed by atoms with Crippen molar-refractivity contribution in [1.29, 1.82) is 0 Å². The maximum absolute atomic E-state index is 12.6. The van der Waals surface area contributed by atoms with Crippen LogP contribution in [0.5, 0.6) is 17.2 Å². The molecule has 0 bridgehead atoms. The van der Waals surface area contributed by atoms with E-state index in [9.17, 15) is 8.42 Å². The van der Waals surface area contributed by atoms with Crippen LogP contribution in [0.2, 0.25) is 5.02 Å². The highest BCUT2D eigenvalue weighted by Crippen LogP contribution is 2.38.